The third-order valence-electron chi connectivity index (χ3n) is 2.23. The Bertz CT molecular complexity index is 452. The summed E-state index contributed by atoms with van der Waals surface area (Å²) in [7, 11) is 0. The third kappa shape index (κ3) is 1.91. The smallest absolute Gasteiger partial charge is 0.159 e. The molecular formula is C11H11N3O2. The topological polar surface area (TPSA) is 79.1 Å². The molecule has 0 bridgehead atoms. The second-order valence-corrected chi connectivity index (χ2v) is 3.22. The molecule has 0 unspecified atom stereocenters. The average molecular weight is 217 g/mol. The first-order chi connectivity index (χ1) is 7.86. The lowest BCUT2D eigenvalue weighted by atomic mass is 10.0. The minimum atomic E-state index is -0.158. The van der Waals surface area contributed by atoms with E-state index in [1.54, 1.807) is 30.9 Å². The van der Waals surface area contributed by atoms with E-state index in [4.69, 9.17) is 0 Å². The normalized spacial score (nSPS) is 10.4. The van der Waals surface area contributed by atoms with Crippen LogP contribution in [0.5, 0.6) is 0 Å². The standard InChI is InChI=1S/C11H11N3O2/c15-6-8-4-12-5-9(7-16)10(8)11-13-2-1-3-14-11/h1-5,15-16H,6-7H2. The lowest BCUT2D eigenvalue weighted by Crippen LogP contribution is -2.00. The SMILES string of the molecule is OCc1cncc(CO)c1-c1ncccn1. The molecule has 5 heteroatoms. The minimum Gasteiger partial charge on any atom is -0.392 e. The van der Waals surface area contributed by atoms with Crippen LogP contribution in [0.4, 0.5) is 0 Å². The lowest BCUT2D eigenvalue weighted by molar-refractivity contribution is 0.275. The van der Waals surface area contributed by atoms with E-state index in [9.17, 15) is 10.2 Å². The summed E-state index contributed by atoms with van der Waals surface area (Å²) in [6, 6.07) is 1.71. The highest BCUT2D eigenvalue weighted by Crippen LogP contribution is 2.23. The molecule has 0 aliphatic rings. The van der Waals surface area contributed by atoms with E-state index >= 15 is 0 Å². The van der Waals surface area contributed by atoms with Crippen LogP contribution in [0.15, 0.2) is 30.9 Å². The number of hydrogen-bond acceptors (Lipinski definition) is 5. The molecule has 2 aromatic heterocycles. The molecule has 0 aliphatic heterocycles. The molecule has 5 nitrogen and oxygen atoms in total. The van der Waals surface area contributed by atoms with Gasteiger partial charge in [0.2, 0.25) is 0 Å². The van der Waals surface area contributed by atoms with Gasteiger partial charge >= 0.3 is 0 Å². The van der Waals surface area contributed by atoms with Gasteiger partial charge < -0.3 is 10.2 Å². The fraction of sp³-hybridized carbons (Fsp3) is 0.182. The Hall–Kier alpha value is -1.85. The van der Waals surface area contributed by atoms with E-state index in [1.807, 2.05) is 0 Å². The van der Waals surface area contributed by atoms with Crippen molar-refractivity contribution in [2.75, 3.05) is 0 Å². The first-order valence-corrected chi connectivity index (χ1v) is 4.81. The molecule has 2 N–H and O–H groups in total. The molecule has 0 aromatic carbocycles. The maximum atomic E-state index is 9.22. The van der Waals surface area contributed by atoms with Crippen LogP contribution in [-0.2, 0) is 13.2 Å². The largest absolute Gasteiger partial charge is 0.392 e. The van der Waals surface area contributed by atoms with Crippen LogP contribution in [0.3, 0.4) is 0 Å². The molecular weight excluding hydrogens is 206 g/mol. The van der Waals surface area contributed by atoms with Crippen molar-refractivity contribution in [3.05, 3.63) is 42.0 Å². The summed E-state index contributed by atoms with van der Waals surface area (Å²) < 4.78 is 0. The van der Waals surface area contributed by atoms with Gasteiger partial charge in [0.25, 0.3) is 0 Å². The Labute approximate surface area is 92.5 Å². The maximum absolute atomic E-state index is 9.22. The Morgan fingerprint density at radius 1 is 0.938 bits per heavy atom. The van der Waals surface area contributed by atoms with Gasteiger partial charge in [0.05, 0.1) is 13.2 Å². The average Bonchev–Trinajstić information content (AvgIpc) is 2.38. The molecule has 0 atom stereocenters. The summed E-state index contributed by atoms with van der Waals surface area (Å²) in [6.07, 6.45) is 6.33. The number of aromatic nitrogens is 3. The van der Waals surface area contributed by atoms with Gasteiger partial charge in [-0.05, 0) is 6.07 Å². The van der Waals surface area contributed by atoms with Crippen LogP contribution in [0, 0.1) is 0 Å². The molecule has 0 aliphatic carbocycles. The zero-order valence-corrected chi connectivity index (χ0v) is 8.54. The molecule has 0 amide bonds. The van der Waals surface area contributed by atoms with E-state index < -0.39 is 0 Å². The number of nitrogens with zero attached hydrogens (tertiary/aromatic N) is 3. The first kappa shape index (κ1) is 10.7. The number of pyridine rings is 1. The summed E-state index contributed by atoms with van der Waals surface area (Å²) in [5.74, 6) is 0.484. The summed E-state index contributed by atoms with van der Waals surface area (Å²) in [4.78, 5) is 12.1. The predicted octanol–water partition coefficient (Wildman–Crippen LogP) is 0.523. The molecule has 2 aromatic rings. The van der Waals surface area contributed by atoms with Gasteiger partial charge in [-0.15, -0.1) is 0 Å². The molecule has 16 heavy (non-hydrogen) atoms. The fourth-order valence-electron chi connectivity index (χ4n) is 1.51. The van der Waals surface area contributed by atoms with Crippen molar-refractivity contribution in [1.29, 1.82) is 0 Å². The van der Waals surface area contributed by atoms with Crippen molar-refractivity contribution >= 4 is 0 Å². The van der Waals surface area contributed by atoms with Crippen molar-refractivity contribution in [3.63, 3.8) is 0 Å². The van der Waals surface area contributed by atoms with Crippen molar-refractivity contribution in [2.24, 2.45) is 0 Å². The Morgan fingerprint density at radius 3 is 2.00 bits per heavy atom. The second kappa shape index (κ2) is 4.78. The van der Waals surface area contributed by atoms with Crippen molar-refractivity contribution < 1.29 is 10.2 Å². The van der Waals surface area contributed by atoms with Crippen molar-refractivity contribution in [2.45, 2.75) is 13.2 Å². The van der Waals surface area contributed by atoms with Gasteiger partial charge in [-0.25, -0.2) is 9.97 Å². The summed E-state index contributed by atoms with van der Waals surface area (Å²) in [5, 5.41) is 18.4. The Morgan fingerprint density at radius 2 is 1.50 bits per heavy atom. The first-order valence-electron chi connectivity index (χ1n) is 4.81. The molecule has 2 heterocycles. The van der Waals surface area contributed by atoms with Crippen LogP contribution < -0.4 is 0 Å². The van der Waals surface area contributed by atoms with E-state index in [0.717, 1.165) is 0 Å². The summed E-state index contributed by atoms with van der Waals surface area (Å²) >= 11 is 0. The monoisotopic (exact) mass is 217 g/mol. The quantitative estimate of drug-likeness (QED) is 0.783. The van der Waals surface area contributed by atoms with E-state index in [2.05, 4.69) is 15.0 Å². The second-order valence-electron chi connectivity index (χ2n) is 3.22. The van der Waals surface area contributed by atoms with Gasteiger partial charge in [-0.3, -0.25) is 4.98 Å². The third-order valence-corrected chi connectivity index (χ3v) is 2.23. The Kier molecular flexibility index (Phi) is 3.19. The van der Waals surface area contributed by atoms with Crippen LogP contribution in [-0.4, -0.2) is 25.2 Å². The fourth-order valence-corrected chi connectivity index (χ4v) is 1.51. The van der Waals surface area contributed by atoms with Crippen LogP contribution in [0.2, 0.25) is 0 Å². The molecule has 2 rings (SSSR count). The zero-order chi connectivity index (χ0) is 11.4. The van der Waals surface area contributed by atoms with Gasteiger partial charge in [0.1, 0.15) is 0 Å². The molecule has 82 valence electrons. The molecule has 0 saturated carbocycles. The molecule has 0 fully saturated rings. The number of aliphatic hydroxyl groups excluding tert-OH is 2. The lowest BCUT2D eigenvalue weighted by Gasteiger charge is -2.09. The van der Waals surface area contributed by atoms with Crippen molar-refractivity contribution in [3.8, 4) is 11.4 Å². The van der Waals surface area contributed by atoms with E-state index in [0.29, 0.717) is 22.5 Å². The highest BCUT2D eigenvalue weighted by Gasteiger charge is 2.12. The van der Waals surface area contributed by atoms with Gasteiger partial charge in [0, 0.05) is 41.5 Å². The predicted molar refractivity (Wildman–Crippen MR) is 57.1 cm³/mol. The van der Waals surface area contributed by atoms with E-state index in [-0.39, 0.29) is 13.2 Å². The molecule has 0 radical (unpaired) electrons. The number of hydrogen-bond donors (Lipinski definition) is 2. The molecule has 0 spiro atoms. The number of aliphatic hydroxyl groups is 2. The van der Waals surface area contributed by atoms with Crippen LogP contribution >= 0.6 is 0 Å². The van der Waals surface area contributed by atoms with Gasteiger partial charge in [-0.2, -0.15) is 0 Å². The highest BCUT2D eigenvalue weighted by atomic mass is 16.3. The maximum Gasteiger partial charge on any atom is 0.159 e. The van der Waals surface area contributed by atoms with Crippen molar-refractivity contribution in [1.82, 2.24) is 15.0 Å². The minimum absolute atomic E-state index is 0.158. The zero-order valence-electron chi connectivity index (χ0n) is 8.54. The van der Waals surface area contributed by atoms with Gasteiger partial charge in [-0.1, -0.05) is 0 Å². The highest BCUT2D eigenvalue weighted by molar-refractivity contribution is 5.63. The van der Waals surface area contributed by atoms with Crippen LogP contribution in [0.1, 0.15) is 11.1 Å². The van der Waals surface area contributed by atoms with Gasteiger partial charge in [0.15, 0.2) is 5.82 Å². The molecule has 0 saturated heterocycles. The summed E-state index contributed by atoms with van der Waals surface area (Å²) in [5.41, 5.74) is 1.87. The number of rotatable bonds is 3. The Balaban J connectivity index is 2.62. The van der Waals surface area contributed by atoms with E-state index in [1.165, 1.54) is 0 Å². The summed E-state index contributed by atoms with van der Waals surface area (Å²) in [6.45, 7) is -0.317. The van der Waals surface area contributed by atoms with Crippen LogP contribution in [0.25, 0.3) is 11.4 Å².